The average Bonchev–Trinajstić information content (AvgIpc) is 3.38. The summed E-state index contributed by atoms with van der Waals surface area (Å²) in [5.41, 5.74) is 0.238. The Morgan fingerprint density at radius 2 is 1.57 bits per heavy atom. The second-order valence-electron chi connectivity index (χ2n) is 16.2. The second-order valence-corrected chi connectivity index (χ2v) is 16.2. The smallest absolute Gasteiger partial charge is 0.222 e. The van der Waals surface area contributed by atoms with Crippen LogP contribution in [0.25, 0.3) is 0 Å². The first kappa shape index (κ1) is 31.2. The van der Waals surface area contributed by atoms with Gasteiger partial charge in [-0.25, -0.2) is 0 Å². The van der Waals surface area contributed by atoms with Crippen LogP contribution in [0, 0.1) is 52.3 Å². The fourth-order valence-electron chi connectivity index (χ4n) is 11.2. The molecule has 1 aliphatic heterocycles. The molecular weight excluding hydrogens is 504 g/mol. The Morgan fingerprint density at radius 1 is 0.850 bits per heavy atom. The summed E-state index contributed by atoms with van der Waals surface area (Å²) in [6, 6.07) is 0. The van der Waals surface area contributed by atoms with Crippen LogP contribution in [0.5, 0.6) is 0 Å². The molecule has 1 saturated heterocycles. The van der Waals surface area contributed by atoms with Crippen molar-refractivity contribution in [2.24, 2.45) is 52.3 Å². The highest BCUT2D eigenvalue weighted by molar-refractivity contribution is 5.11. The zero-order valence-electron chi connectivity index (χ0n) is 26.3. The van der Waals surface area contributed by atoms with Crippen LogP contribution in [0.4, 0.5) is 0 Å². The van der Waals surface area contributed by atoms with Crippen LogP contribution in [0.15, 0.2) is 0 Å². The van der Waals surface area contributed by atoms with E-state index in [0.29, 0.717) is 16.7 Å². The van der Waals surface area contributed by atoms with Crippen LogP contribution in [0.3, 0.4) is 0 Å². The highest BCUT2D eigenvalue weighted by Crippen LogP contribution is 2.69. The van der Waals surface area contributed by atoms with E-state index in [-0.39, 0.29) is 0 Å². The van der Waals surface area contributed by atoms with E-state index >= 15 is 0 Å². The van der Waals surface area contributed by atoms with Crippen LogP contribution < -0.4 is 0 Å². The summed E-state index contributed by atoms with van der Waals surface area (Å²) in [5.74, 6) is 3.84. The maximum atomic E-state index is 10.8. The third-order valence-electron chi connectivity index (χ3n) is 13.5. The topological polar surface area (TPSA) is 99.4 Å². The van der Waals surface area contributed by atoms with E-state index in [4.69, 9.17) is 9.47 Å². The number of aliphatic hydroxyl groups is 4. The third kappa shape index (κ3) is 5.13. The van der Waals surface area contributed by atoms with Crippen LogP contribution in [0.1, 0.15) is 119 Å². The van der Waals surface area contributed by atoms with Gasteiger partial charge in [-0.3, -0.25) is 0 Å². The molecular formula is C34H60O6. The van der Waals surface area contributed by atoms with Crippen molar-refractivity contribution in [3.05, 3.63) is 0 Å². The molecule has 0 aromatic heterocycles. The first-order valence-corrected chi connectivity index (χ1v) is 16.8. The summed E-state index contributed by atoms with van der Waals surface area (Å²) in [5, 5.41) is 41.0. The predicted molar refractivity (Wildman–Crippen MR) is 156 cm³/mol. The monoisotopic (exact) mass is 564 g/mol. The lowest BCUT2D eigenvalue weighted by atomic mass is 9.43. The first-order chi connectivity index (χ1) is 18.8. The van der Waals surface area contributed by atoms with Gasteiger partial charge in [0.1, 0.15) is 24.9 Å². The average molecular weight is 565 g/mol. The maximum Gasteiger partial charge on any atom is 0.222 e. The first-order valence-electron chi connectivity index (χ1n) is 16.8. The van der Waals surface area contributed by atoms with Gasteiger partial charge in [0.05, 0.1) is 12.2 Å². The summed E-state index contributed by atoms with van der Waals surface area (Å²) in [4.78, 5) is 0. The Labute approximate surface area is 243 Å². The zero-order valence-corrected chi connectivity index (χ0v) is 26.3. The fraction of sp³-hybridized carbons (Fsp3) is 1.00. The number of rotatable bonds is 9. The molecule has 0 radical (unpaired) electrons. The lowest BCUT2D eigenvalue weighted by Gasteiger charge is -2.63. The van der Waals surface area contributed by atoms with Crippen molar-refractivity contribution in [3.63, 3.8) is 0 Å². The molecule has 4 saturated carbocycles. The number of fused-ring (bicyclic) bond motifs is 5. The largest absolute Gasteiger partial charge is 0.394 e. The van der Waals surface area contributed by atoms with Gasteiger partial charge < -0.3 is 29.9 Å². The lowest BCUT2D eigenvalue weighted by molar-refractivity contribution is -0.329. The molecule has 232 valence electrons. The molecule has 5 fully saturated rings. The van der Waals surface area contributed by atoms with Gasteiger partial charge in [-0.05, 0) is 117 Å². The van der Waals surface area contributed by atoms with Crippen molar-refractivity contribution >= 4 is 0 Å². The van der Waals surface area contributed by atoms with Crippen molar-refractivity contribution in [1.29, 1.82) is 0 Å². The number of hydrogen-bond donors (Lipinski definition) is 4. The minimum Gasteiger partial charge on any atom is -0.394 e. The molecule has 1 heterocycles. The molecule has 0 aromatic rings. The predicted octanol–water partition coefficient (Wildman–Crippen LogP) is 5.68. The summed E-state index contributed by atoms with van der Waals surface area (Å²) >= 11 is 0. The molecule has 5 aliphatic rings. The molecule has 40 heavy (non-hydrogen) atoms. The number of ether oxygens (including phenoxy) is 2. The van der Waals surface area contributed by atoms with Crippen molar-refractivity contribution < 1.29 is 29.9 Å². The highest BCUT2D eigenvalue weighted by atomic mass is 16.7. The van der Waals surface area contributed by atoms with Crippen molar-refractivity contribution in [3.8, 4) is 0 Å². The van der Waals surface area contributed by atoms with E-state index in [1.807, 2.05) is 0 Å². The number of aliphatic hydroxyl groups excluding tert-OH is 4. The van der Waals surface area contributed by atoms with Gasteiger partial charge in [0.15, 0.2) is 0 Å². The van der Waals surface area contributed by atoms with Crippen LogP contribution >= 0.6 is 0 Å². The molecule has 5 rings (SSSR count). The molecule has 0 amide bonds. The van der Waals surface area contributed by atoms with Gasteiger partial charge in [0.25, 0.3) is 0 Å². The fourth-order valence-corrected chi connectivity index (χ4v) is 11.2. The molecule has 6 heteroatoms. The van der Waals surface area contributed by atoms with Crippen molar-refractivity contribution in [2.75, 3.05) is 13.2 Å². The minimum absolute atomic E-state index is 0.294. The quantitative estimate of drug-likeness (QED) is 0.287. The Balaban J connectivity index is 1.26. The van der Waals surface area contributed by atoms with Crippen LogP contribution in [0.2, 0.25) is 0 Å². The molecule has 6 nitrogen and oxygen atoms in total. The van der Waals surface area contributed by atoms with Gasteiger partial charge in [-0.1, -0.05) is 53.9 Å². The lowest BCUT2D eigenvalue weighted by Crippen LogP contribution is -2.59. The molecule has 0 bridgehead atoms. The summed E-state index contributed by atoms with van der Waals surface area (Å²) in [6.07, 6.45) is 11.4. The van der Waals surface area contributed by atoms with Gasteiger partial charge in [0.2, 0.25) is 5.79 Å². The van der Waals surface area contributed by atoms with Crippen LogP contribution in [-0.2, 0) is 9.47 Å². The van der Waals surface area contributed by atoms with Gasteiger partial charge in [-0.2, -0.15) is 0 Å². The Morgan fingerprint density at radius 3 is 2.23 bits per heavy atom. The molecule has 4 aliphatic carbocycles. The minimum atomic E-state index is -1.69. The molecule has 0 spiro atoms. The summed E-state index contributed by atoms with van der Waals surface area (Å²) in [6.45, 7) is 13.6. The van der Waals surface area contributed by atoms with Gasteiger partial charge in [-0.15, -0.1) is 0 Å². The highest BCUT2D eigenvalue weighted by Gasteiger charge is 2.63. The van der Waals surface area contributed by atoms with Crippen LogP contribution in [-0.4, -0.2) is 63.3 Å². The van der Waals surface area contributed by atoms with E-state index < -0.39 is 42.9 Å². The Kier molecular flexibility index (Phi) is 8.86. The molecule has 0 aromatic carbocycles. The summed E-state index contributed by atoms with van der Waals surface area (Å²) in [7, 11) is 0. The Bertz CT molecular complexity index is 880. The van der Waals surface area contributed by atoms with E-state index in [2.05, 4.69) is 41.5 Å². The van der Waals surface area contributed by atoms with Gasteiger partial charge >= 0.3 is 0 Å². The molecule has 0 unspecified atom stereocenters. The zero-order chi connectivity index (χ0) is 29.1. The molecule has 4 N–H and O–H groups in total. The summed E-state index contributed by atoms with van der Waals surface area (Å²) < 4.78 is 12.3. The third-order valence-corrected chi connectivity index (χ3v) is 13.5. The van der Waals surface area contributed by atoms with E-state index in [0.717, 1.165) is 54.8 Å². The van der Waals surface area contributed by atoms with E-state index in [9.17, 15) is 20.4 Å². The van der Waals surface area contributed by atoms with E-state index in [1.165, 1.54) is 57.8 Å². The SMILES string of the molecule is CC(C)CCC[C@@H](C)[C@H]1CC[C@H]2[C@@H]3CC[C@@H]4C[C@](C)(O[C@]5(CO)O[C@H](CO)[C@@H](O)[C@@H]5O)CC[C@]4(C)[C@H]3CC[C@]12C. The van der Waals surface area contributed by atoms with E-state index in [1.54, 1.807) is 0 Å². The molecule has 13 atom stereocenters. The normalized spacial score (nSPS) is 51.4. The number of hydrogen-bond acceptors (Lipinski definition) is 6. The Hall–Kier alpha value is -0.240. The maximum absolute atomic E-state index is 10.8. The van der Waals surface area contributed by atoms with Crippen molar-refractivity contribution in [2.45, 2.75) is 148 Å². The van der Waals surface area contributed by atoms with Gasteiger partial charge in [0, 0.05) is 0 Å². The van der Waals surface area contributed by atoms with Crippen molar-refractivity contribution in [1.82, 2.24) is 0 Å². The standard InChI is InChI=1S/C34H60O6/c1-21(2)8-7-9-22(3)25-12-13-26-24-11-10-23-18-31(4,16-17-32(23,5)27(24)14-15-33(25,26)6)40-34(20-36)30(38)29(37)28(19-35)39-34/h21-30,35-38H,7-20H2,1-6H3/t22-,23-,24+,25-,26+,27+,28-,29-,30+,31-,32+,33-,34+/m1/s1. The second kappa shape index (κ2) is 11.4.